The summed E-state index contributed by atoms with van der Waals surface area (Å²) in [4.78, 5) is 15.0. The maximum absolute atomic E-state index is 12.9. The minimum atomic E-state index is -3.64. The third kappa shape index (κ3) is 3.08. The van der Waals surface area contributed by atoms with E-state index < -0.39 is 16.1 Å². The zero-order valence-corrected chi connectivity index (χ0v) is 14.8. The molecule has 0 saturated carbocycles. The molecule has 2 aliphatic rings. The van der Waals surface area contributed by atoms with E-state index in [-0.39, 0.29) is 16.2 Å². The first-order valence-electron chi connectivity index (χ1n) is 8.43. The Labute approximate surface area is 143 Å². The largest absolute Gasteiger partial charge is 0.341 e. The molecule has 2 fully saturated rings. The van der Waals surface area contributed by atoms with E-state index in [4.69, 9.17) is 5.73 Å². The van der Waals surface area contributed by atoms with Crippen molar-refractivity contribution < 1.29 is 13.2 Å². The molecule has 0 spiro atoms. The van der Waals surface area contributed by atoms with E-state index in [0.717, 1.165) is 6.42 Å². The number of nitrogens with two attached hydrogens (primary N) is 1. The van der Waals surface area contributed by atoms with Crippen LogP contribution in [-0.4, -0.2) is 55.8 Å². The first-order valence-corrected chi connectivity index (χ1v) is 9.87. The van der Waals surface area contributed by atoms with Gasteiger partial charge >= 0.3 is 0 Å². The average Bonchev–Trinajstić information content (AvgIpc) is 3.23. The molecule has 6 nitrogen and oxygen atoms in total. The topological polar surface area (TPSA) is 83.7 Å². The van der Waals surface area contributed by atoms with Crippen molar-refractivity contribution in [1.29, 1.82) is 0 Å². The van der Waals surface area contributed by atoms with Crippen LogP contribution >= 0.6 is 0 Å². The number of rotatable bonds is 4. The molecule has 1 amide bonds. The van der Waals surface area contributed by atoms with E-state index in [9.17, 15) is 13.2 Å². The number of likely N-dealkylation sites (tertiary alicyclic amines) is 1. The fraction of sp³-hybridized carbons (Fsp3) is 0.588. The summed E-state index contributed by atoms with van der Waals surface area (Å²) >= 11 is 0. The summed E-state index contributed by atoms with van der Waals surface area (Å²) in [6, 6.07) is 7.76. The van der Waals surface area contributed by atoms with Gasteiger partial charge in [0, 0.05) is 19.6 Å². The van der Waals surface area contributed by atoms with Crippen LogP contribution in [0.1, 0.15) is 26.2 Å². The molecule has 1 aromatic rings. The Morgan fingerprint density at radius 2 is 2.00 bits per heavy atom. The summed E-state index contributed by atoms with van der Waals surface area (Å²) in [6.07, 6.45) is 2.17. The van der Waals surface area contributed by atoms with Crippen LogP contribution in [0.15, 0.2) is 35.2 Å². The molecule has 2 atom stereocenters. The van der Waals surface area contributed by atoms with E-state index >= 15 is 0 Å². The van der Waals surface area contributed by atoms with Crippen LogP contribution in [0.5, 0.6) is 0 Å². The summed E-state index contributed by atoms with van der Waals surface area (Å²) < 4.78 is 27.1. The first kappa shape index (κ1) is 17.4. The van der Waals surface area contributed by atoms with Gasteiger partial charge in [-0.3, -0.25) is 4.79 Å². The van der Waals surface area contributed by atoms with Gasteiger partial charge in [-0.1, -0.05) is 25.1 Å². The fourth-order valence-corrected chi connectivity index (χ4v) is 5.26. The van der Waals surface area contributed by atoms with E-state index in [1.807, 2.05) is 0 Å². The predicted molar refractivity (Wildman–Crippen MR) is 91.7 cm³/mol. The number of amides is 1. The van der Waals surface area contributed by atoms with Crippen molar-refractivity contribution in [2.45, 2.75) is 37.1 Å². The van der Waals surface area contributed by atoms with Crippen molar-refractivity contribution in [1.82, 2.24) is 9.21 Å². The zero-order valence-electron chi connectivity index (χ0n) is 14.0. The average molecular weight is 351 g/mol. The van der Waals surface area contributed by atoms with Crippen LogP contribution in [0.25, 0.3) is 0 Å². The number of hydrogen-bond donors (Lipinski definition) is 1. The van der Waals surface area contributed by atoms with Gasteiger partial charge in [-0.15, -0.1) is 0 Å². The summed E-state index contributed by atoms with van der Waals surface area (Å²) in [7, 11) is -3.64. The number of sulfonamides is 1. The smallest absolute Gasteiger partial charge is 0.243 e. The highest BCUT2D eigenvalue weighted by molar-refractivity contribution is 7.89. The predicted octanol–water partition coefficient (Wildman–Crippen LogP) is 1.04. The van der Waals surface area contributed by atoms with Gasteiger partial charge in [0.05, 0.1) is 4.90 Å². The minimum absolute atomic E-state index is 0.0581. The van der Waals surface area contributed by atoms with E-state index in [0.29, 0.717) is 39.0 Å². The highest BCUT2D eigenvalue weighted by Crippen LogP contribution is 2.32. The maximum atomic E-state index is 12.9. The molecule has 0 radical (unpaired) electrons. The van der Waals surface area contributed by atoms with Crippen molar-refractivity contribution >= 4 is 15.9 Å². The van der Waals surface area contributed by atoms with Crippen molar-refractivity contribution in [3.63, 3.8) is 0 Å². The monoisotopic (exact) mass is 351 g/mol. The summed E-state index contributed by atoms with van der Waals surface area (Å²) in [5.74, 6) is -0.0795. The van der Waals surface area contributed by atoms with Crippen LogP contribution in [0.3, 0.4) is 0 Å². The fourth-order valence-electron chi connectivity index (χ4n) is 3.59. The Kier molecular flexibility index (Phi) is 4.68. The molecule has 0 aromatic heterocycles. The van der Waals surface area contributed by atoms with Gasteiger partial charge < -0.3 is 10.6 Å². The molecule has 0 aliphatic carbocycles. The van der Waals surface area contributed by atoms with Crippen LogP contribution in [0, 0.1) is 5.41 Å². The van der Waals surface area contributed by atoms with Crippen LogP contribution in [0.2, 0.25) is 0 Å². The van der Waals surface area contributed by atoms with Crippen molar-refractivity contribution in [3.05, 3.63) is 30.3 Å². The summed E-state index contributed by atoms with van der Waals surface area (Å²) in [5, 5.41) is 0. The lowest BCUT2D eigenvalue weighted by Gasteiger charge is -2.28. The molecule has 2 heterocycles. The van der Waals surface area contributed by atoms with Crippen molar-refractivity contribution in [2.75, 3.05) is 26.2 Å². The number of nitrogens with zero attached hydrogens (tertiary/aromatic N) is 2. The second-order valence-electron chi connectivity index (χ2n) is 7.11. The highest BCUT2D eigenvalue weighted by Gasteiger charge is 2.44. The van der Waals surface area contributed by atoms with Gasteiger partial charge in [-0.25, -0.2) is 8.42 Å². The molecule has 1 aromatic carbocycles. The SMILES string of the molecule is CC1(CN)CCN(C(=O)C2CCCN2S(=O)(=O)c2ccccc2)C1. The second-order valence-corrected chi connectivity index (χ2v) is 9.00. The molecule has 132 valence electrons. The Hall–Kier alpha value is -1.44. The minimum Gasteiger partial charge on any atom is -0.341 e. The third-order valence-electron chi connectivity index (χ3n) is 5.20. The Morgan fingerprint density at radius 3 is 2.62 bits per heavy atom. The Balaban J connectivity index is 1.80. The lowest BCUT2D eigenvalue weighted by molar-refractivity contribution is -0.133. The molecule has 2 N–H and O–H groups in total. The number of hydrogen-bond acceptors (Lipinski definition) is 4. The van der Waals surface area contributed by atoms with E-state index in [1.54, 1.807) is 35.2 Å². The van der Waals surface area contributed by atoms with Crippen LogP contribution in [0.4, 0.5) is 0 Å². The Morgan fingerprint density at radius 1 is 1.29 bits per heavy atom. The second kappa shape index (κ2) is 6.46. The van der Waals surface area contributed by atoms with Crippen molar-refractivity contribution in [3.8, 4) is 0 Å². The highest BCUT2D eigenvalue weighted by atomic mass is 32.2. The van der Waals surface area contributed by atoms with Gasteiger partial charge in [0.25, 0.3) is 0 Å². The Bertz CT molecular complexity index is 707. The van der Waals surface area contributed by atoms with Crippen LogP contribution in [-0.2, 0) is 14.8 Å². The molecule has 2 saturated heterocycles. The van der Waals surface area contributed by atoms with E-state index in [2.05, 4.69) is 6.92 Å². The van der Waals surface area contributed by atoms with Gasteiger partial charge in [0.1, 0.15) is 6.04 Å². The standard InChI is InChI=1S/C17H25N3O3S/c1-17(12-18)9-11-19(13-17)16(21)15-8-5-10-20(15)24(22,23)14-6-3-2-4-7-14/h2-4,6-7,15H,5,8-13,18H2,1H3. The lowest BCUT2D eigenvalue weighted by Crippen LogP contribution is -2.47. The van der Waals surface area contributed by atoms with E-state index in [1.165, 1.54) is 4.31 Å². The molecule has 7 heteroatoms. The molecular formula is C17H25N3O3S. The zero-order chi connectivity index (χ0) is 17.4. The number of carbonyl (C=O) groups is 1. The molecule has 0 bridgehead atoms. The van der Waals surface area contributed by atoms with Gasteiger partial charge in [0.15, 0.2) is 0 Å². The van der Waals surface area contributed by atoms with Crippen molar-refractivity contribution in [2.24, 2.45) is 11.1 Å². The molecular weight excluding hydrogens is 326 g/mol. The summed E-state index contributed by atoms with van der Waals surface area (Å²) in [6.45, 7) is 4.27. The maximum Gasteiger partial charge on any atom is 0.243 e. The van der Waals surface area contributed by atoms with Gasteiger partial charge in [-0.2, -0.15) is 4.31 Å². The lowest BCUT2D eigenvalue weighted by atomic mass is 9.90. The van der Waals surface area contributed by atoms with Gasteiger partial charge in [0.2, 0.25) is 15.9 Å². The van der Waals surface area contributed by atoms with Crippen LogP contribution < -0.4 is 5.73 Å². The molecule has 2 unspecified atom stereocenters. The third-order valence-corrected chi connectivity index (χ3v) is 7.12. The quantitative estimate of drug-likeness (QED) is 0.878. The number of benzene rings is 1. The number of carbonyl (C=O) groups excluding carboxylic acids is 1. The van der Waals surface area contributed by atoms with Gasteiger partial charge in [-0.05, 0) is 43.4 Å². The summed E-state index contributed by atoms with van der Waals surface area (Å²) in [5.41, 5.74) is 5.75. The first-order chi connectivity index (χ1) is 11.4. The normalized spacial score (nSPS) is 28.4. The molecule has 24 heavy (non-hydrogen) atoms. The molecule has 2 aliphatic heterocycles. The molecule has 3 rings (SSSR count).